The van der Waals surface area contributed by atoms with E-state index >= 15 is 0 Å². The number of nitrogens with one attached hydrogen (secondary N) is 1. The molecule has 3 aromatic rings. The molecule has 5 rings (SSSR count). The molecule has 0 unspecified atom stereocenters. The predicted molar refractivity (Wildman–Crippen MR) is 122 cm³/mol. The van der Waals surface area contributed by atoms with Crippen LogP contribution in [0.4, 0.5) is 11.6 Å². The summed E-state index contributed by atoms with van der Waals surface area (Å²) in [7, 11) is 0. The van der Waals surface area contributed by atoms with Gasteiger partial charge in [0.1, 0.15) is 28.6 Å². The molecule has 0 spiro atoms. The average molecular weight is 442 g/mol. The van der Waals surface area contributed by atoms with Gasteiger partial charge in [-0.05, 0) is 19.4 Å². The van der Waals surface area contributed by atoms with Gasteiger partial charge in [-0.2, -0.15) is 0 Å². The summed E-state index contributed by atoms with van der Waals surface area (Å²) in [5.41, 5.74) is 1.01. The normalized spacial score (nSPS) is 18.1. The van der Waals surface area contributed by atoms with Crippen molar-refractivity contribution in [2.45, 2.75) is 20.4 Å². The summed E-state index contributed by atoms with van der Waals surface area (Å²) in [4.78, 5) is 38.1. The molecule has 5 heterocycles. The highest BCUT2D eigenvalue weighted by Gasteiger charge is 2.21. The van der Waals surface area contributed by atoms with Gasteiger partial charge in [0.05, 0.1) is 25.1 Å². The van der Waals surface area contributed by atoms with E-state index < -0.39 is 0 Å². The lowest BCUT2D eigenvalue weighted by Gasteiger charge is -2.35. The van der Waals surface area contributed by atoms with Gasteiger partial charge in [-0.25, -0.2) is 15.0 Å². The van der Waals surface area contributed by atoms with Crippen LogP contribution in [0.2, 0.25) is 0 Å². The number of hydrogen-bond acceptors (Lipinski definition) is 9. The number of anilines is 2. The molecular weight excluding hydrogens is 414 g/mol. The van der Waals surface area contributed by atoms with Crippen LogP contribution in [-0.4, -0.2) is 77.3 Å². The van der Waals surface area contributed by atoms with Crippen molar-refractivity contribution in [1.29, 1.82) is 0 Å². The van der Waals surface area contributed by atoms with Crippen molar-refractivity contribution >= 4 is 33.2 Å². The Morgan fingerprint density at radius 2 is 1.71 bits per heavy atom. The molecule has 2 aliphatic rings. The van der Waals surface area contributed by atoms with Crippen molar-refractivity contribution in [3.63, 3.8) is 0 Å². The number of aromatic amines is 1. The highest BCUT2D eigenvalue weighted by Crippen LogP contribution is 2.26. The van der Waals surface area contributed by atoms with Gasteiger partial charge in [-0.15, -0.1) is 11.3 Å². The van der Waals surface area contributed by atoms with Gasteiger partial charge < -0.3 is 19.5 Å². The van der Waals surface area contributed by atoms with E-state index in [1.807, 2.05) is 13.8 Å². The van der Waals surface area contributed by atoms with Crippen molar-refractivity contribution < 1.29 is 4.74 Å². The Morgan fingerprint density at radius 1 is 1.03 bits per heavy atom. The van der Waals surface area contributed by atoms with Gasteiger partial charge in [-0.1, -0.05) is 0 Å². The zero-order valence-electron chi connectivity index (χ0n) is 17.9. The number of rotatable bonds is 4. The Bertz CT molecular complexity index is 1130. The van der Waals surface area contributed by atoms with Crippen LogP contribution >= 0.6 is 11.3 Å². The molecule has 1 N–H and O–H groups in total. The van der Waals surface area contributed by atoms with E-state index in [4.69, 9.17) is 9.72 Å². The van der Waals surface area contributed by atoms with Gasteiger partial charge in [0.25, 0.3) is 5.56 Å². The van der Waals surface area contributed by atoms with Crippen LogP contribution < -0.4 is 15.4 Å². The van der Waals surface area contributed by atoms with Gasteiger partial charge in [-0.3, -0.25) is 9.69 Å². The summed E-state index contributed by atoms with van der Waals surface area (Å²) in [6.07, 6.45) is 1.65. The van der Waals surface area contributed by atoms with E-state index in [2.05, 4.69) is 35.7 Å². The Hall–Kier alpha value is -2.56. The molecule has 10 heteroatoms. The number of ether oxygens (including phenoxy) is 1. The minimum absolute atomic E-state index is 0.0305. The third-order valence-electron chi connectivity index (χ3n) is 6.13. The molecule has 0 saturated carbocycles. The number of fused-ring (bicyclic) bond motifs is 1. The lowest BCUT2D eigenvalue weighted by atomic mass is 10.2. The number of nitrogens with zero attached hydrogens (tertiary/aromatic N) is 6. The third kappa shape index (κ3) is 4.15. The number of aromatic nitrogens is 4. The summed E-state index contributed by atoms with van der Waals surface area (Å²) in [5, 5.41) is 0.732. The number of piperazine rings is 1. The van der Waals surface area contributed by atoms with Gasteiger partial charge >= 0.3 is 0 Å². The molecule has 0 aromatic carbocycles. The Kier molecular flexibility index (Phi) is 5.59. The molecule has 164 valence electrons. The maximum absolute atomic E-state index is 12.5. The number of aryl methyl sites for hydroxylation is 2. The van der Waals surface area contributed by atoms with E-state index in [0.29, 0.717) is 6.54 Å². The summed E-state index contributed by atoms with van der Waals surface area (Å²) in [6, 6.07) is 2.08. The number of H-pyrrole nitrogens is 1. The van der Waals surface area contributed by atoms with Crippen LogP contribution in [0.15, 0.2) is 17.2 Å². The molecule has 0 amide bonds. The van der Waals surface area contributed by atoms with Crippen molar-refractivity contribution in [2.24, 2.45) is 0 Å². The van der Waals surface area contributed by atoms with Crippen molar-refractivity contribution in [1.82, 2.24) is 24.8 Å². The minimum atomic E-state index is -0.0305. The molecule has 3 aromatic heterocycles. The van der Waals surface area contributed by atoms with Crippen molar-refractivity contribution in [3.05, 3.63) is 39.0 Å². The first-order valence-electron chi connectivity index (χ1n) is 10.7. The highest BCUT2D eigenvalue weighted by molar-refractivity contribution is 7.18. The topological polar surface area (TPSA) is 90.5 Å². The summed E-state index contributed by atoms with van der Waals surface area (Å²) in [5.74, 6) is 2.67. The molecule has 31 heavy (non-hydrogen) atoms. The third-order valence-corrected chi connectivity index (χ3v) is 7.23. The molecule has 9 nitrogen and oxygen atoms in total. The fourth-order valence-corrected chi connectivity index (χ4v) is 5.25. The average Bonchev–Trinajstić information content (AvgIpc) is 3.08. The first kappa shape index (κ1) is 20.3. The number of thiophene rings is 1. The molecule has 2 saturated heterocycles. The molecule has 0 aliphatic carbocycles. The van der Waals surface area contributed by atoms with E-state index in [1.165, 1.54) is 0 Å². The van der Waals surface area contributed by atoms with Gasteiger partial charge in [0, 0.05) is 50.2 Å². The quantitative estimate of drug-likeness (QED) is 0.652. The molecule has 2 fully saturated rings. The zero-order valence-corrected chi connectivity index (χ0v) is 18.7. The van der Waals surface area contributed by atoms with Crippen LogP contribution in [0, 0.1) is 13.8 Å². The number of morpholine rings is 1. The van der Waals surface area contributed by atoms with E-state index in [1.54, 1.807) is 17.7 Å². The molecule has 0 atom stereocenters. The maximum atomic E-state index is 12.5. The maximum Gasteiger partial charge on any atom is 0.259 e. The first-order valence-corrected chi connectivity index (χ1v) is 11.5. The summed E-state index contributed by atoms with van der Waals surface area (Å²) >= 11 is 1.60. The Balaban J connectivity index is 1.24. The minimum Gasteiger partial charge on any atom is -0.378 e. The lowest BCUT2D eigenvalue weighted by molar-refractivity contribution is 0.122. The second kappa shape index (κ2) is 8.52. The molecular formula is C21H27N7O2S. The first-order chi connectivity index (χ1) is 15.1. The van der Waals surface area contributed by atoms with Crippen molar-refractivity contribution in [2.75, 3.05) is 62.3 Å². The Morgan fingerprint density at radius 3 is 2.42 bits per heavy atom. The molecule has 0 radical (unpaired) electrons. The second-order valence-corrected chi connectivity index (χ2v) is 9.28. The van der Waals surface area contributed by atoms with Crippen LogP contribution in [0.3, 0.4) is 0 Å². The second-order valence-electron chi connectivity index (χ2n) is 8.07. The fraction of sp³-hybridized carbons (Fsp3) is 0.524. The molecule has 0 bridgehead atoms. The zero-order chi connectivity index (χ0) is 21.4. The van der Waals surface area contributed by atoms with Crippen LogP contribution in [-0.2, 0) is 11.3 Å². The SMILES string of the molecule is Cc1sc2nc(CN3CCN(c4cc(N5CCOCC5)ncn4)CC3)[nH]c(=O)c2c1C. The Labute approximate surface area is 184 Å². The van der Waals surface area contributed by atoms with Crippen LogP contribution in [0.25, 0.3) is 10.2 Å². The van der Waals surface area contributed by atoms with Crippen LogP contribution in [0.1, 0.15) is 16.3 Å². The summed E-state index contributed by atoms with van der Waals surface area (Å²) < 4.78 is 5.44. The number of hydrogen-bond donors (Lipinski definition) is 1. The molecule has 2 aliphatic heterocycles. The highest BCUT2D eigenvalue weighted by atomic mass is 32.1. The van der Waals surface area contributed by atoms with Gasteiger partial charge in [0.15, 0.2) is 0 Å². The van der Waals surface area contributed by atoms with Crippen LogP contribution in [0.5, 0.6) is 0 Å². The lowest BCUT2D eigenvalue weighted by Crippen LogP contribution is -2.46. The van der Waals surface area contributed by atoms with Gasteiger partial charge in [0.2, 0.25) is 0 Å². The monoisotopic (exact) mass is 441 g/mol. The summed E-state index contributed by atoms with van der Waals surface area (Å²) in [6.45, 7) is 11.4. The van der Waals surface area contributed by atoms with Crippen molar-refractivity contribution in [3.8, 4) is 0 Å². The standard InChI is InChI=1S/C21H27N7O2S/c1-14-15(2)31-21-19(14)20(29)24-16(25-21)12-26-3-5-27(6-4-26)17-11-18(23-13-22-17)28-7-9-30-10-8-28/h11,13H,3-10,12H2,1-2H3,(H,24,25,29). The van der Waals surface area contributed by atoms with E-state index in [-0.39, 0.29) is 5.56 Å². The largest absolute Gasteiger partial charge is 0.378 e. The predicted octanol–water partition coefficient (Wildman–Crippen LogP) is 1.55. The van der Waals surface area contributed by atoms with E-state index in [0.717, 1.165) is 90.6 Å². The fourth-order valence-electron chi connectivity index (χ4n) is 4.20. The smallest absolute Gasteiger partial charge is 0.259 e. The van der Waals surface area contributed by atoms with E-state index in [9.17, 15) is 4.79 Å².